The Morgan fingerprint density at radius 3 is 2.50 bits per heavy atom. The molecule has 1 unspecified atom stereocenters. The van der Waals surface area contributed by atoms with Gasteiger partial charge in [0.15, 0.2) is 6.29 Å². The number of fused-ring (bicyclic) bond motifs is 1. The van der Waals surface area contributed by atoms with Gasteiger partial charge in [0.1, 0.15) is 12.4 Å². The fourth-order valence-corrected chi connectivity index (χ4v) is 3.67. The highest BCUT2D eigenvalue weighted by atomic mass is 35.5. The molecule has 2 aromatic rings. The molecule has 2 aliphatic heterocycles. The van der Waals surface area contributed by atoms with Crippen molar-refractivity contribution < 1.29 is 18.8 Å². The molecule has 2 heterocycles. The SMILES string of the molecule is O=C(CN1NC2N(CCN2c2ccc(F)cc2)C(=O)C1=O)NCc1ccccc1Cl. The zero-order chi connectivity index (χ0) is 21.3. The van der Waals surface area contributed by atoms with Crippen molar-refractivity contribution >= 4 is 35.0 Å². The normalized spacial score (nSPS) is 18.6. The molecule has 30 heavy (non-hydrogen) atoms. The summed E-state index contributed by atoms with van der Waals surface area (Å²) in [6, 6.07) is 12.9. The molecule has 0 spiro atoms. The van der Waals surface area contributed by atoms with Gasteiger partial charge in [-0.05, 0) is 35.9 Å². The Labute approximate surface area is 177 Å². The Balaban J connectivity index is 1.43. The van der Waals surface area contributed by atoms with Gasteiger partial charge < -0.3 is 10.2 Å². The van der Waals surface area contributed by atoms with Gasteiger partial charge >= 0.3 is 11.8 Å². The van der Waals surface area contributed by atoms with E-state index in [1.54, 1.807) is 36.4 Å². The number of carbonyl (C=O) groups excluding carboxylic acids is 3. The van der Waals surface area contributed by atoms with Crippen LogP contribution >= 0.6 is 11.6 Å². The van der Waals surface area contributed by atoms with Crippen molar-refractivity contribution in [3.63, 3.8) is 0 Å². The van der Waals surface area contributed by atoms with Gasteiger partial charge in [-0.15, -0.1) is 0 Å². The van der Waals surface area contributed by atoms with E-state index >= 15 is 0 Å². The molecule has 156 valence electrons. The summed E-state index contributed by atoms with van der Waals surface area (Å²) in [5.74, 6) is -2.31. The Morgan fingerprint density at radius 1 is 1.07 bits per heavy atom. The summed E-state index contributed by atoms with van der Waals surface area (Å²) in [6.45, 7) is 0.670. The van der Waals surface area contributed by atoms with Crippen LogP contribution < -0.4 is 15.6 Å². The summed E-state index contributed by atoms with van der Waals surface area (Å²) in [7, 11) is 0. The number of hydrogen-bond donors (Lipinski definition) is 2. The number of hydrogen-bond acceptors (Lipinski definition) is 5. The van der Waals surface area contributed by atoms with Gasteiger partial charge in [-0.1, -0.05) is 29.8 Å². The number of halogens is 2. The summed E-state index contributed by atoms with van der Waals surface area (Å²) >= 11 is 6.08. The quantitative estimate of drug-likeness (QED) is 0.692. The van der Waals surface area contributed by atoms with Gasteiger partial charge in [-0.2, -0.15) is 5.43 Å². The lowest BCUT2D eigenvalue weighted by atomic mass is 10.2. The molecular formula is C20H19ClFN5O3. The first-order chi connectivity index (χ1) is 14.4. The van der Waals surface area contributed by atoms with Gasteiger partial charge in [-0.25, -0.2) is 4.39 Å². The van der Waals surface area contributed by atoms with Gasteiger partial charge in [0.05, 0.1) is 0 Å². The van der Waals surface area contributed by atoms with E-state index in [4.69, 9.17) is 11.6 Å². The van der Waals surface area contributed by atoms with E-state index in [9.17, 15) is 18.8 Å². The Bertz CT molecular complexity index is 987. The fraction of sp³-hybridized carbons (Fsp3) is 0.250. The number of anilines is 1. The van der Waals surface area contributed by atoms with Crippen LogP contribution in [0.1, 0.15) is 5.56 Å². The highest BCUT2D eigenvalue weighted by molar-refractivity contribution is 6.35. The Hall–Kier alpha value is -3.17. The van der Waals surface area contributed by atoms with Crippen molar-refractivity contribution in [1.29, 1.82) is 0 Å². The minimum atomic E-state index is -0.805. The number of benzene rings is 2. The van der Waals surface area contributed by atoms with Crippen LogP contribution in [-0.4, -0.2) is 53.6 Å². The highest BCUT2D eigenvalue weighted by Crippen LogP contribution is 2.25. The maximum absolute atomic E-state index is 13.2. The molecule has 0 aliphatic carbocycles. The van der Waals surface area contributed by atoms with Crippen LogP contribution in [0.3, 0.4) is 0 Å². The number of nitrogens with zero attached hydrogens (tertiary/aromatic N) is 3. The molecule has 0 bridgehead atoms. The van der Waals surface area contributed by atoms with Gasteiger partial charge in [0.25, 0.3) is 0 Å². The van der Waals surface area contributed by atoms with Crippen LogP contribution in [0.5, 0.6) is 0 Å². The summed E-state index contributed by atoms with van der Waals surface area (Å²) < 4.78 is 13.2. The molecule has 2 N–H and O–H groups in total. The number of rotatable bonds is 5. The van der Waals surface area contributed by atoms with Crippen LogP contribution in [0.15, 0.2) is 48.5 Å². The van der Waals surface area contributed by atoms with Crippen molar-refractivity contribution in [3.05, 3.63) is 64.9 Å². The molecule has 2 aliphatic rings. The predicted octanol–water partition coefficient (Wildman–Crippen LogP) is 1.07. The number of carbonyl (C=O) groups is 3. The van der Waals surface area contributed by atoms with E-state index < -0.39 is 24.0 Å². The van der Waals surface area contributed by atoms with E-state index in [2.05, 4.69) is 10.7 Å². The highest BCUT2D eigenvalue weighted by Gasteiger charge is 2.45. The lowest BCUT2D eigenvalue weighted by Crippen LogP contribution is -2.68. The average molecular weight is 432 g/mol. The fourth-order valence-electron chi connectivity index (χ4n) is 3.47. The first kappa shape index (κ1) is 20.1. The molecule has 4 rings (SSSR count). The minimum Gasteiger partial charge on any atom is -0.350 e. The van der Waals surface area contributed by atoms with E-state index in [1.165, 1.54) is 17.0 Å². The third-order valence-electron chi connectivity index (χ3n) is 5.03. The van der Waals surface area contributed by atoms with Crippen LogP contribution in [-0.2, 0) is 20.9 Å². The molecule has 2 aromatic carbocycles. The van der Waals surface area contributed by atoms with Crippen LogP contribution in [0.4, 0.5) is 10.1 Å². The van der Waals surface area contributed by atoms with Gasteiger partial charge in [-0.3, -0.25) is 24.3 Å². The molecule has 8 nitrogen and oxygen atoms in total. The second-order valence-corrected chi connectivity index (χ2v) is 7.34. The van der Waals surface area contributed by atoms with E-state index in [1.807, 2.05) is 4.90 Å². The summed E-state index contributed by atoms with van der Waals surface area (Å²) in [4.78, 5) is 40.5. The average Bonchev–Trinajstić information content (AvgIpc) is 3.15. The Morgan fingerprint density at radius 2 is 1.77 bits per heavy atom. The first-order valence-electron chi connectivity index (χ1n) is 9.35. The lowest BCUT2D eigenvalue weighted by molar-refractivity contribution is -0.163. The molecule has 2 saturated heterocycles. The molecule has 2 fully saturated rings. The summed E-state index contributed by atoms with van der Waals surface area (Å²) in [6.07, 6.45) is -0.642. The van der Waals surface area contributed by atoms with Crippen molar-refractivity contribution in [2.24, 2.45) is 0 Å². The molecule has 0 radical (unpaired) electrons. The van der Waals surface area contributed by atoms with E-state index in [0.29, 0.717) is 23.8 Å². The smallest absolute Gasteiger partial charge is 0.326 e. The lowest BCUT2D eigenvalue weighted by Gasteiger charge is -2.40. The topological polar surface area (TPSA) is 85.0 Å². The predicted molar refractivity (Wildman–Crippen MR) is 107 cm³/mol. The minimum absolute atomic E-state index is 0.200. The third-order valence-corrected chi connectivity index (χ3v) is 5.40. The monoisotopic (exact) mass is 431 g/mol. The third kappa shape index (κ3) is 3.94. The van der Waals surface area contributed by atoms with Gasteiger partial charge in [0, 0.05) is 30.3 Å². The van der Waals surface area contributed by atoms with Crippen molar-refractivity contribution in [3.8, 4) is 0 Å². The first-order valence-corrected chi connectivity index (χ1v) is 9.73. The molecule has 10 heteroatoms. The molecule has 1 atom stereocenters. The van der Waals surface area contributed by atoms with Crippen molar-refractivity contribution in [1.82, 2.24) is 20.7 Å². The van der Waals surface area contributed by atoms with Crippen molar-refractivity contribution in [2.75, 3.05) is 24.5 Å². The van der Waals surface area contributed by atoms with Crippen LogP contribution in [0.2, 0.25) is 5.02 Å². The maximum atomic E-state index is 13.2. The standard InChI is InChI=1S/C20H19ClFN5O3/c21-16-4-2-1-3-13(16)11-23-17(28)12-27-19(30)18(29)26-10-9-25(20(26)24-27)15-7-5-14(22)6-8-15/h1-8,20,24H,9-12H2,(H,23,28). The van der Waals surface area contributed by atoms with Crippen molar-refractivity contribution in [2.45, 2.75) is 12.8 Å². The second-order valence-electron chi connectivity index (χ2n) is 6.93. The maximum Gasteiger partial charge on any atom is 0.326 e. The van der Waals surface area contributed by atoms with E-state index in [-0.39, 0.29) is 18.9 Å². The second kappa shape index (κ2) is 8.29. The number of nitrogens with one attached hydrogen (secondary N) is 2. The van der Waals surface area contributed by atoms with Gasteiger partial charge in [0.2, 0.25) is 5.91 Å². The number of amides is 3. The Kier molecular flexibility index (Phi) is 5.56. The molecule has 0 saturated carbocycles. The molecular weight excluding hydrogens is 413 g/mol. The molecule has 3 amide bonds. The zero-order valence-electron chi connectivity index (χ0n) is 15.8. The summed E-state index contributed by atoms with van der Waals surface area (Å²) in [5.41, 5.74) is 4.37. The van der Waals surface area contributed by atoms with Crippen LogP contribution in [0, 0.1) is 5.82 Å². The number of hydrazine groups is 1. The summed E-state index contributed by atoms with van der Waals surface area (Å²) in [5, 5.41) is 4.23. The van der Waals surface area contributed by atoms with Crippen LogP contribution in [0.25, 0.3) is 0 Å². The largest absolute Gasteiger partial charge is 0.350 e. The molecule has 0 aromatic heterocycles. The zero-order valence-corrected chi connectivity index (χ0v) is 16.6. The van der Waals surface area contributed by atoms with E-state index in [0.717, 1.165) is 10.6 Å².